The third-order valence-corrected chi connectivity index (χ3v) is 10.3. The SMILES string of the molecule is COc1ccc2c(c1)C=C(C(=O)N1CCCC1)Cn1c-2c(C2CCCCC2)c2ccc(C(=O)NS(=O)(=O)N(C)C)cc21. The Morgan fingerprint density at radius 1 is 0.976 bits per heavy atom. The number of nitrogens with zero attached hydrogens (tertiary/aromatic N) is 3. The predicted molar refractivity (Wildman–Crippen MR) is 164 cm³/mol. The molecule has 2 amide bonds. The van der Waals surface area contributed by atoms with Crippen LogP contribution < -0.4 is 9.46 Å². The molecule has 0 bridgehead atoms. The van der Waals surface area contributed by atoms with E-state index in [0.29, 0.717) is 18.0 Å². The molecule has 0 spiro atoms. The number of carbonyl (C=O) groups excluding carboxylic acids is 2. The Morgan fingerprint density at radius 2 is 1.71 bits per heavy atom. The molecule has 0 radical (unpaired) electrons. The fourth-order valence-electron chi connectivity index (χ4n) is 6.70. The van der Waals surface area contributed by atoms with Gasteiger partial charge in [-0.3, -0.25) is 9.59 Å². The molecular formula is C32H38N4O5S. The standard InChI is InChI=1S/C32H38N4O5S/c1-34(2)42(39,40)33-31(37)22-11-13-27-28(19-22)36-20-24(32(38)35-15-7-8-16-35)17-23-18-25(41-3)12-14-26(23)30(36)29(27)21-9-5-4-6-10-21/h11-14,17-19,21H,4-10,15-16,20H2,1-3H3,(H,33,37). The first-order chi connectivity index (χ1) is 20.2. The molecule has 2 fully saturated rings. The summed E-state index contributed by atoms with van der Waals surface area (Å²) in [6.45, 7) is 1.85. The zero-order valence-corrected chi connectivity index (χ0v) is 25.3. The van der Waals surface area contributed by atoms with Crippen LogP contribution in [0.3, 0.4) is 0 Å². The summed E-state index contributed by atoms with van der Waals surface area (Å²) in [4.78, 5) is 28.9. The predicted octanol–water partition coefficient (Wildman–Crippen LogP) is 4.92. The molecule has 1 N–H and O–H groups in total. The zero-order chi connectivity index (χ0) is 29.6. The van der Waals surface area contributed by atoms with Gasteiger partial charge in [0.25, 0.3) is 11.8 Å². The Morgan fingerprint density at radius 3 is 2.40 bits per heavy atom. The second kappa shape index (κ2) is 11.2. The van der Waals surface area contributed by atoms with E-state index in [0.717, 1.165) is 89.4 Å². The van der Waals surface area contributed by atoms with Gasteiger partial charge in [-0.25, -0.2) is 4.72 Å². The molecule has 6 rings (SSSR count). The van der Waals surface area contributed by atoms with Gasteiger partial charge in [0.05, 0.1) is 19.3 Å². The van der Waals surface area contributed by atoms with Crippen molar-refractivity contribution in [2.75, 3.05) is 34.3 Å². The average Bonchev–Trinajstić information content (AvgIpc) is 3.59. The lowest BCUT2D eigenvalue weighted by Crippen LogP contribution is -2.39. The second-order valence-electron chi connectivity index (χ2n) is 11.8. The molecule has 3 aliphatic rings. The van der Waals surface area contributed by atoms with E-state index >= 15 is 0 Å². The maximum atomic E-state index is 13.8. The number of rotatable bonds is 6. The quantitative estimate of drug-likeness (QED) is 0.439. The van der Waals surface area contributed by atoms with Crippen molar-refractivity contribution in [3.05, 3.63) is 58.7 Å². The molecule has 1 aliphatic carbocycles. The summed E-state index contributed by atoms with van der Waals surface area (Å²) in [5.74, 6) is 0.407. The summed E-state index contributed by atoms with van der Waals surface area (Å²) in [6.07, 6.45) is 9.70. The molecule has 3 heterocycles. The highest BCUT2D eigenvalue weighted by molar-refractivity contribution is 7.87. The van der Waals surface area contributed by atoms with Gasteiger partial charge in [-0.1, -0.05) is 25.3 Å². The molecule has 2 aromatic carbocycles. The number of benzene rings is 2. The monoisotopic (exact) mass is 590 g/mol. The minimum Gasteiger partial charge on any atom is -0.497 e. The number of fused-ring (bicyclic) bond motifs is 5. The van der Waals surface area contributed by atoms with Gasteiger partial charge in [0, 0.05) is 54.8 Å². The van der Waals surface area contributed by atoms with Crippen molar-refractivity contribution in [2.24, 2.45) is 0 Å². The number of hydrogen-bond donors (Lipinski definition) is 1. The lowest BCUT2D eigenvalue weighted by atomic mass is 9.81. The number of carbonyl (C=O) groups is 2. The Bertz CT molecular complexity index is 1690. The normalized spacial score (nSPS) is 17.5. The molecule has 10 heteroatoms. The third kappa shape index (κ3) is 5.11. The van der Waals surface area contributed by atoms with Gasteiger partial charge >= 0.3 is 10.2 Å². The van der Waals surface area contributed by atoms with Gasteiger partial charge in [-0.15, -0.1) is 0 Å². The van der Waals surface area contributed by atoms with Gasteiger partial charge in [0.2, 0.25) is 0 Å². The smallest absolute Gasteiger partial charge is 0.303 e. The summed E-state index contributed by atoms with van der Waals surface area (Å²) in [5.41, 5.74) is 6.02. The van der Waals surface area contributed by atoms with Crippen molar-refractivity contribution >= 4 is 39.0 Å². The lowest BCUT2D eigenvalue weighted by molar-refractivity contribution is -0.126. The summed E-state index contributed by atoms with van der Waals surface area (Å²) in [5, 5.41) is 1.04. The molecule has 1 saturated heterocycles. The van der Waals surface area contributed by atoms with Crippen molar-refractivity contribution in [1.82, 2.24) is 18.5 Å². The van der Waals surface area contributed by atoms with Crippen LogP contribution in [0.5, 0.6) is 5.75 Å². The molecule has 222 valence electrons. The number of amides is 2. The number of nitrogens with one attached hydrogen (secondary N) is 1. The molecule has 0 atom stereocenters. The minimum atomic E-state index is -3.95. The molecule has 42 heavy (non-hydrogen) atoms. The fraction of sp³-hybridized carbons (Fsp3) is 0.438. The first-order valence-corrected chi connectivity index (χ1v) is 16.2. The van der Waals surface area contributed by atoms with E-state index in [9.17, 15) is 18.0 Å². The summed E-state index contributed by atoms with van der Waals surface area (Å²) >= 11 is 0. The minimum absolute atomic E-state index is 0.0289. The Hall–Kier alpha value is -3.63. The van der Waals surface area contributed by atoms with E-state index in [1.165, 1.54) is 26.1 Å². The van der Waals surface area contributed by atoms with Crippen molar-refractivity contribution < 1.29 is 22.7 Å². The summed E-state index contributed by atoms with van der Waals surface area (Å²) in [7, 11) is 0.440. The second-order valence-corrected chi connectivity index (χ2v) is 13.6. The highest BCUT2D eigenvalue weighted by atomic mass is 32.2. The summed E-state index contributed by atoms with van der Waals surface area (Å²) < 4.78 is 35.7. The van der Waals surface area contributed by atoms with Crippen LogP contribution in [-0.4, -0.2) is 68.3 Å². The largest absolute Gasteiger partial charge is 0.497 e. The van der Waals surface area contributed by atoms with Gasteiger partial charge in [-0.2, -0.15) is 12.7 Å². The first-order valence-electron chi connectivity index (χ1n) is 14.8. The van der Waals surface area contributed by atoms with E-state index < -0.39 is 16.1 Å². The highest BCUT2D eigenvalue weighted by Crippen LogP contribution is 2.47. The van der Waals surface area contributed by atoms with Crippen molar-refractivity contribution in [3.8, 4) is 17.0 Å². The molecular weight excluding hydrogens is 552 g/mol. The van der Waals surface area contributed by atoms with Crippen LogP contribution in [0.4, 0.5) is 0 Å². The van der Waals surface area contributed by atoms with E-state index in [1.807, 2.05) is 29.2 Å². The lowest BCUT2D eigenvalue weighted by Gasteiger charge is -2.24. The van der Waals surface area contributed by atoms with E-state index in [2.05, 4.69) is 15.4 Å². The molecule has 0 unspecified atom stereocenters. The molecule has 2 aliphatic heterocycles. The first kappa shape index (κ1) is 28.5. The van der Waals surface area contributed by atoms with Crippen molar-refractivity contribution in [1.29, 1.82) is 0 Å². The third-order valence-electron chi connectivity index (χ3n) is 8.92. The highest BCUT2D eigenvalue weighted by Gasteiger charge is 2.32. The number of aromatic nitrogens is 1. The number of hydrogen-bond acceptors (Lipinski definition) is 5. The van der Waals surface area contributed by atoms with Crippen molar-refractivity contribution in [3.63, 3.8) is 0 Å². The van der Waals surface area contributed by atoms with Crippen LogP contribution in [0, 0.1) is 0 Å². The van der Waals surface area contributed by atoms with Crippen LogP contribution in [0.15, 0.2) is 42.0 Å². The van der Waals surface area contributed by atoms with Gasteiger partial charge in [0.15, 0.2) is 0 Å². The van der Waals surface area contributed by atoms with Crippen LogP contribution >= 0.6 is 0 Å². The maximum Gasteiger partial charge on any atom is 0.303 e. The molecule has 9 nitrogen and oxygen atoms in total. The number of ether oxygens (including phenoxy) is 1. The summed E-state index contributed by atoms with van der Waals surface area (Å²) in [6, 6.07) is 11.5. The fourth-order valence-corrected chi connectivity index (χ4v) is 7.24. The molecule has 1 saturated carbocycles. The van der Waals surface area contributed by atoms with E-state index in [4.69, 9.17) is 4.74 Å². The topological polar surface area (TPSA) is 101 Å². The van der Waals surface area contributed by atoms with E-state index in [1.54, 1.807) is 19.2 Å². The average molecular weight is 591 g/mol. The van der Waals surface area contributed by atoms with Gasteiger partial charge in [-0.05, 0) is 79.1 Å². The van der Waals surface area contributed by atoms with Crippen LogP contribution in [0.1, 0.15) is 72.3 Å². The Labute approximate surface area is 247 Å². The van der Waals surface area contributed by atoms with Crippen molar-refractivity contribution in [2.45, 2.75) is 57.4 Å². The van der Waals surface area contributed by atoms with E-state index in [-0.39, 0.29) is 11.5 Å². The maximum absolute atomic E-state index is 13.8. The van der Waals surface area contributed by atoms with Crippen LogP contribution in [0.25, 0.3) is 28.2 Å². The molecule has 1 aromatic heterocycles. The Balaban J connectivity index is 1.57. The number of likely N-dealkylation sites (tertiary alicyclic amines) is 1. The Kier molecular flexibility index (Phi) is 7.61. The van der Waals surface area contributed by atoms with Gasteiger partial charge < -0.3 is 14.2 Å². The van der Waals surface area contributed by atoms with Crippen LogP contribution in [-0.2, 0) is 21.5 Å². The number of methoxy groups -OCH3 is 1. The van der Waals surface area contributed by atoms with Gasteiger partial charge in [0.1, 0.15) is 5.75 Å². The van der Waals surface area contributed by atoms with Crippen LogP contribution in [0.2, 0.25) is 0 Å². The molecule has 3 aromatic rings. The zero-order valence-electron chi connectivity index (χ0n) is 24.5.